The summed E-state index contributed by atoms with van der Waals surface area (Å²) < 4.78 is 5.22. The number of aromatic nitrogens is 1. The fourth-order valence-corrected chi connectivity index (χ4v) is 4.20. The summed E-state index contributed by atoms with van der Waals surface area (Å²) in [6, 6.07) is 16.7. The molecular formula is C20H20N2OS. The van der Waals surface area contributed by atoms with Crippen LogP contribution >= 0.6 is 11.8 Å². The van der Waals surface area contributed by atoms with Crippen molar-refractivity contribution in [1.29, 1.82) is 0 Å². The molecule has 4 heteroatoms. The van der Waals surface area contributed by atoms with Crippen molar-refractivity contribution in [3.8, 4) is 5.75 Å². The van der Waals surface area contributed by atoms with E-state index in [1.165, 1.54) is 27.9 Å². The number of nitrogens with zero attached hydrogens (tertiary/aromatic N) is 1. The lowest BCUT2D eigenvalue weighted by Gasteiger charge is -2.14. The molecule has 0 saturated carbocycles. The monoisotopic (exact) mass is 336 g/mol. The molecule has 0 amide bonds. The van der Waals surface area contributed by atoms with Crippen LogP contribution in [0.25, 0.3) is 10.9 Å². The smallest absolute Gasteiger partial charge is 0.118 e. The van der Waals surface area contributed by atoms with Crippen LogP contribution in [-0.4, -0.2) is 18.6 Å². The molecule has 1 aliphatic heterocycles. The minimum Gasteiger partial charge on any atom is -0.497 e. The molecule has 2 aromatic carbocycles. The quantitative estimate of drug-likeness (QED) is 0.736. The number of methoxy groups -OCH3 is 1. The van der Waals surface area contributed by atoms with Gasteiger partial charge >= 0.3 is 0 Å². The highest BCUT2D eigenvalue weighted by Gasteiger charge is 2.19. The summed E-state index contributed by atoms with van der Waals surface area (Å²) in [6.45, 7) is 0.914. The molecule has 24 heavy (non-hydrogen) atoms. The maximum atomic E-state index is 5.22. The molecule has 1 aliphatic rings. The zero-order chi connectivity index (χ0) is 16.4. The first-order chi connectivity index (χ1) is 11.8. The summed E-state index contributed by atoms with van der Waals surface area (Å²) >= 11 is 1.95. The van der Waals surface area contributed by atoms with Gasteiger partial charge in [0.1, 0.15) is 5.75 Å². The van der Waals surface area contributed by atoms with Crippen molar-refractivity contribution >= 4 is 28.4 Å². The van der Waals surface area contributed by atoms with Crippen LogP contribution in [0.1, 0.15) is 16.8 Å². The molecule has 3 aromatic rings. The Labute approximate surface area is 146 Å². The Morgan fingerprint density at radius 1 is 1.08 bits per heavy atom. The molecule has 122 valence electrons. The molecule has 3 nitrogen and oxygen atoms in total. The summed E-state index contributed by atoms with van der Waals surface area (Å²) in [4.78, 5) is 4.83. The maximum absolute atomic E-state index is 5.22. The standard InChI is InChI=1S/C20H20N2OS/c1-23-15-8-6-14(7-9-15)10-11-21-20-16-4-2-3-5-18(16)22-19-13-24-12-17(19)20/h2-9H,10-13H2,1H3,(H,21,22). The van der Waals surface area contributed by atoms with Crippen LogP contribution in [0.3, 0.4) is 0 Å². The molecule has 0 bridgehead atoms. The number of nitrogens with one attached hydrogen (secondary N) is 1. The van der Waals surface area contributed by atoms with Crippen LogP contribution in [-0.2, 0) is 17.9 Å². The topological polar surface area (TPSA) is 34.1 Å². The van der Waals surface area contributed by atoms with E-state index in [1.54, 1.807) is 7.11 Å². The highest BCUT2D eigenvalue weighted by atomic mass is 32.2. The van der Waals surface area contributed by atoms with Gasteiger partial charge in [-0.15, -0.1) is 0 Å². The first-order valence-corrected chi connectivity index (χ1v) is 9.35. The van der Waals surface area contributed by atoms with Crippen LogP contribution in [0, 0.1) is 0 Å². The molecule has 4 rings (SSSR count). The van der Waals surface area contributed by atoms with Gasteiger partial charge in [-0.3, -0.25) is 4.98 Å². The van der Waals surface area contributed by atoms with Crippen LogP contribution in [0.4, 0.5) is 5.69 Å². The van der Waals surface area contributed by atoms with Crippen LogP contribution in [0.15, 0.2) is 48.5 Å². The lowest BCUT2D eigenvalue weighted by atomic mass is 10.1. The minimum atomic E-state index is 0.904. The molecule has 0 unspecified atom stereocenters. The number of para-hydroxylation sites is 1. The van der Waals surface area contributed by atoms with Gasteiger partial charge in [0, 0.05) is 34.7 Å². The van der Waals surface area contributed by atoms with E-state index in [1.807, 2.05) is 23.9 Å². The fraction of sp³-hybridized carbons (Fsp3) is 0.250. The van der Waals surface area contributed by atoms with Crippen LogP contribution in [0.2, 0.25) is 0 Å². The van der Waals surface area contributed by atoms with E-state index in [2.05, 4.69) is 41.7 Å². The van der Waals surface area contributed by atoms with Gasteiger partial charge in [0.15, 0.2) is 0 Å². The summed E-state index contributed by atoms with van der Waals surface area (Å²) in [6.07, 6.45) is 0.989. The van der Waals surface area contributed by atoms with Gasteiger partial charge in [0.05, 0.1) is 18.3 Å². The highest BCUT2D eigenvalue weighted by Crippen LogP contribution is 2.38. The number of fused-ring (bicyclic) bond motifs is 2. The Hall–Kier alpha value is -2.20. The van der Waals surface area contributed by atoms with E-state index in [0.717, 1.165) is 35.7 Å². The maximum Gasteiger partial charge on any atom is 0.118 e. The van der Waals surface area contributed by atoms with E-state index >= 15 is 0 Å². The Bertz CT molecular complexity index is 861. The molecule has 0 spiro atoms. The minimum absolute atomic E-state index is 0.904. The summed E-state index contributed by atoms with van der Waals surface area (Å²) in [5, 5.41) is 4.91. The Morgan fingerprint density at radius 3 is 2.75 bits per heavy atom. The SMILES string of the molecule is COc1ccc(CCNc2c3c(nc4ccccc24)CSC3)cc1. The van der Waals surface area contributed by atoms with Crippen molar-refractivity contribution in [2.75, 3.05) is 19.0 Å². The lowest BCUT2D eigenvalue weighted by molar-refractivity contribution is 0.414. The molecule has 2 heterocycles. The Balaban J connectivity index is 1.55. The summed E-state index contributed by atoms with van der Waals surface area (Å²) in [5.41, 5.74) is 6.30. The fourth-order valence-electron chi connectivity index (χ4n) is 3.15. The van der Waals surface area contributed by atoms with E-state index in [-0.39, 0.29) is 0 Å². The molecular weight excluding hydrogens is 316 g/mol. The third-order valence-corrected chi connectivity index (χ3v) is 5.41. The van der Waals surface area contributed by atoms with Crippen molar-refractivity contribution < 1.29 is 4.74 Å². The number of thioether (sulfide) groups is 1. The summed E-state index contributed by atoms with van der Waals surface area (Å²) in [5.74, 6) is 2.98. The lowest BCUT2D eigenvalue weighted by Crippen LogP contribution is -2.08. The van der Waals surface area contributed by atoms with Gasteiger partial charge in [-0.25, -0.2) is 0 Å². The van der Waals surface area contributed by atoms with Gasteiger partial charge in [-0.1, -0.05) is 30.3 Å². The average Bonchev–Trinajstić information content (AvgIpc) is 3.10. The number of ether oxygens (including phenoxy) is 1. The number of hydrogen-bond acceptors (Lipinski definition) is 4. The Kier molecular flexibility index (Phi) is 4.30. The van der Waals surface area contributed by atoms with E-state index < -0.39 is 0 Å². The predicted octanol–water partition coefficient (Wildman–Crippen LogP) is 4.64. The number of rotatable bonds is 5. The first kappa shape index (κ1) is 15.3. The average molecular weight is 336 g/mol. The summed E-state index contributed by atoms with van der Waals surface area (Å²) in [7, 11) is 1.70. The molecule has 0 atom stereocenters. The molecule has 0 saturated heterocycles. The number of hydrogen-bond donors (Lipinski definition) is 1. The van der Waals surface area contributed by atoms with Gasteiger partial charge in [0.2, 0.25) is 0 Å². The van der Waals surface area contributed by atoms with Crippen LogP contribution in [0.5, 0.6) is 5.75 Å². The van der Waals surface area contributed by atoms with Gasteiger partial charge in [-0.2, -0.15) is 11.8 Å². The molecule has 0 radical (unpaired) electrons. The Morgan fingerprint density at radius 2 is 1.92 bits per heavy atom. The van der Waals surface area contributed by atoms with Crippen molar-refractivity contribution in [2.24, 2.45) is 0 Å². The van der Waals surface area contributed by atoms with Gasteiger partial charge in [0.25, 0.3) is 0 Å². The number of anilines is 1. The largest absolute Gasteiger partial charge is 0.497 e. The van der Waals surface area contributed by atoms with E-state index in [0.29, 0.717) is 0 Å². The highest BCUT2D eigenvalue weighted by molar-refractivity contribution is 7.98. The second kappa shape index (κ2) is 6.73. The number of pyridine rings is 1. The number of benzene rings is 2. The molecule has 0 fully saturated rings. The van der Waals surface area contributed by atoms with E-state index in [4.69, 9.17) is 9.72 Å². The zero-order valence-electron chi connectivity index (χ0n) is 13.7. The van der Waals surface area contributed by atoms with Crippen molar-refractivity contribution in [3.05, 3.63) is 65.4 Å². The second-order valence-corrected chi connectivity index (χ2v) is 6.93. The normalized spacial score (nSPS) is 13.0. The van der Waals surface area contributed by atoms with Crippen molar-refractivity contribution in [1.82, 2.24) is 4.98 Å². The van der Waals surface area contributed by atoms with Gasteiger partial charge < -0.3 is 10.1 Å². The van der Waals surface area contributed by atoms with Crippen molar-refractivity contribution in [2.45, 2.75) is 17.9 Å². The third kappa shape index (κ3) is 2.94. The third-order valence-electron chi connectivity index (χ3n) is 4.44. The zero-order valence-corrected chi connectivity index (χ0v) is 14.5. The molecule has 1 aromatic heterocycles. The first-order valence-electron chi connectivity index (χ1n) is 8.20. The van der Waals surface area contributed by atoms with E-state index in [9.17, 15) is 0 Å². The van der Waals surface area contributed by atoms with Crippen molar-refractivity contribution in [3.63, 3.8) is 0 Å². The molecule has 0 aliphatic carbocycles. The van der Waals surface area contributed by atoms with Crippen LogP contribution < -0.4 is 10.1 Å². The molecule has 1 N–H and O–H groups in total. The second-order valence-electron chi connectivity index (χ2n) is 5.95. The predicted molar refractivity (Wildman–Crippen MR) is 102 cm³/mol. The van der Waals surface area contributed by atoms with Gasteiger partial charge in [-0.05, 0) is 30.2 Å².